The molecule has 0 saturated carbocycles. The van der Waals surface area contributed by atoms with Gasteiger partial charge in [-0.3, -0.25) is 9.69 Å². The second kappa shape index (κ2) is 8.59. The number of carbonyl (C=O) groups is 1. The predicted octanol–water partition coefficient (Wildman–Crippen LogP) is 4.59. The minimum atomic E-state index is -0.0850. The van der Waals surface area contributed by atoms with Gasteiger partial charge >= 0.3 is 0 Å². The van der Waals surface area contributed by atoms with E-state index in [4.69, 9.17) is 21.7 Å². The molecular weight excluding hydrogens is 378 g/mol. The summed E-state index contributed by atoms with van der Waals surface area (Å²) in [6.45, 7) is 4.91. The van der Waals surface area contributed by atoms with E-state index in [1.807, 2.05) is 62.4 Å². The van der Waals surface area contributed by atoms with Gasteiger partial charge in [0.15, 0.2) is 0 Å². The first-order valence-electron chi connectivity index (χ1n) is 8.60. The highest BCUT2D eigenvalue weighted by atomic mass is 32.2. The molecule has 0 atom stereocenters. The lowest BCUT2D eigenvalue weighted by Crippen LogP contribution is -2.22. The van der Waals surface area contributed by atoms with E-state index in [0.717, 1.165) is 22.4 Å². The maximum Gasteiger partial charge on any atom is 0.265 e. The number of carbonyl (C=O) groups excluding carboxylic acids is 1. The van der Waals surface area contributed by atoms with E-state index in [2.05, 4.69) is 0 Å². The Morgan fingerprint density at radius 3 is 2.37 bits per heavy atom. The van der Waals surface area contributed by atoms with Crippen molar-refractivity contribution in [3.63, 3.8) is 0 Å². The monoisotopic (exact) mass is 399 g/mol. The van der Waals surface area contributed by atoms with Gasteiger partial charge in [-0.25, -0.2) is 0 Å². The summed E-state index contributed by atoms with van der Waals surface area (Å²) in [4.78, 5) is 14.3. The number of amides is 1. The third-order valence-corrected chi connectivity index (χ3v) is 5.67. The molecule has 1 aliphatic rings. The van der Waals surface area contributed by atoms with Crippen molar-refractivity contribution in [2.75, 3.05) is 20.3 Å². The van der Waals surface area contributed by atoms with Crippen molar-refractivity contribution < 1.29 is 14.3 Å². The van der Waals surface area contributed by atoms with Crippen LogP contribution in [0.4, 0.5) is 0 Å². The van der Waals surface area contributed by atoms with Crippen LogP contribution < -0.4 is 9.47 Å². The summed E-state index contributed by atoms with van der Waals surface area (Å²) in [7, 11) is 1.69. The summed E-state index contributed by atoms with van der Waals surface area (Å²) < 4.78 is 12.3. The number of nitrogens with zero attached hydrogens (tertiary/aromatic N) is 1. The number of para-hydroxylation sites is 2. The van der Waals surface area contributed by atoms with Crippen LogP contribution in [-0.4, -0.2) is 35.4 Å². The molecule has 1 heterocycles. The van der Waals surface area contributed by atoms with Gasteiger partial charge in [0, 0.05) is 12.6 Å². The number of rotatable bonds is 6. The van der Waals surface area contributed by atoms with Crippen LogP contribution in [0.25, 0.3) is 6.08 Å². The molecule has 0 N–H and O–H groups in total. The van der Waals surface area contributed by atoms with Crippen LogP contribution in [0.1, 0.15) is 16.7 Å². The average Bonchev–Trinajstić information content (AvgIpc) is 2.89. The highest BCUT2D eigenvalue weighted by molar-refractivity contribution is 8.26. The number of aryl methyl sites for hydroxylation is 2. The SMILES string of the molecule is Cc1cccc(C)c1OCCOc1ccccc1C=C1SC(=S)N(C)C1=O. The van der Waals surface area contributed by atoms with Crippen LogP contribution in [-0.2, 0) is 4.79 Å². The van der Waals surface area contributed by atoms with E-state index in [1.165, 1.54) is 16.7 Å². The Kier molecular flexibility index (Phi) is 6.19. The molecule has 0 bridgehead atoms. The minimum Gasteiger partial charge on any atom is -0.489 e. The van der Waals surface area contributed by atoms with Crippen LogP contribution in [0.5, 0.6) is 11.5 Å². The molecule has 0 aliphatic carbocycles. The second-order valence-corrected chi connectivity index (χ2v) is 7.87. The molecule has 140 valence electrons. The summed E-state index contributed by atoms with van der Waals surface area (Å²) >= 11 is 6.48. The lowest BCUT2D eigenvalue weighted by atomic mass is 10.1. The highest BCUT2D eigenvalue weighted by Crippen LogP contribution is 2.33. The van der Waals surface area contributed by atoms with Crippen molar-refractivity contribution in [2.24, 2.45) is 0 Å². The minimum absolute atomic E-state index is 0.0850. The zero-order valence-corrected chi connectivity index (χ0v) is 17.2. The zero-order chi connectivity index (χ0) is 19.4. The summed E-state index contributed by atoms with van der Waals surface area (Å²) in [6.07, 6.45) is 1.82. The van der Waals surface area contributed by atoms with Gasteiger partial charge in [0.05, 0.1) is 4.91 Å². The van der Waals surface area contributed by atoms with Crippen LogP contribution in [0.2, 0.25) is 0 Å². The first-order valence-corrected chi connectivity index (χ1v) is 9.82. The molecule has 1 fully saturated rings. The molecule has 1 aliphatic heterocycles. The van der Waals surface area contributed by atoms with Crippen LogP contribution in [0.15, 0.2) is 47.4 Å². The first-order chi connectivity index (χ1) is 13.0. The van der Waals surface area contributed by atoms with Gasteiger partial charge in [-0.15, -0.1) is 0 Å². The van der Waals surface area contributed by atoms with E-state index >= 15 is 0 Å². The third kappa shape index (κ3) is 4.51. The van der Waals surface area contributed by atoms with E-state index < -0.39 is 0 Å². The molecule has 6 heteroatoms. The van der Waals surface area contributed by atoms with Crippen molar-refractivity contribution in [1.29, 1.82) is 0 Å². The second-order valence-electron chi connectivity index (χ2n) is 6.20. The molecule has 0 spiro atoms. The van der Waals surface area contributed by atoms with Gasteiger partial charge in [-0.05, 0) is 37.1 Å². The summed E-state index contributed by atoms with van der Waals surface area (Å²) in [6, 6.07) is 13.7. The van der Waals surface area contributed by atoms with Crippen LogP contribution >= 0.6 is 24.0 Å². The fourth-order valence-electron chi connectivity index (χ4n) is 2.74. The van der Waals surface area contributed by atoms with Crippen LogP contribution in [0.3, 0.4) is 0 Å². The largest absolute Gasteiger partial charge is 0.489 e. The molecule has 4 nitrogen and oxygen atoms in total. The maximum absolute atomic E-state index is 12.2. The van der Waals surface area contributed by atoms with Gasteiger partial charge in [0.25, 0.3) is 5.91 Å². The molecule has 1 amide bonds. The normalized spacial score (nSPS) is 15.5. The number of benzene rings is 2. The molecular formula is C21H21NO3S2. The number of likely N-dealkylation sites (N-methyl/N-ethyl adjacent to an activating group) is 1. The Bertz CT molecular complexity index is 888. The van der Waals surface area contributed by atoms with E-state index in [1.54, 1.807) is 7.05 Å². The van der Waals surface area contributed by atoms with Gasteiger partial charge in [-0.2, -0.15) is 0 Å². The summed E-state index contributed by atoms with van der Waals surface area (Å²) in [5.41, 5.74) is 3.06. The Morgan fingerprint density at radius 1 is 1.04 bits per heavy atom. The molecule has 2 aromatic carbocycles. The topological polar surface area (TPSA) is 38.8 Å². The lowest BCUT2D eigenvalue weighted by Gasteiger charge is -2.13. The molecule has 27 heavy (non-hydrogen) atoms. The van der Waals surface area contributed by atoms with E-state index in [-0.39, 0.29) is 5.91 Å². The van der Waals surface area contributed by atoms with Crippen molar-refractivity contribution in [3.05, 3.63) is 64.1 Å². The number of hydrogen-bond donors (Lipinski definition) is 0. The molecule has 1 saturated heterocycles. The van der Waals surface area contributed by atoms with Crippen molar-refractivity contribution in [1.82, 2.24) is 4.90 Å². The summed E-state index contributed by atoms with van der Waals surface area (Å²) in [5, 5.41) is 0. The molecule has 0 aromatic heterocycles. The predicted molar refractivity (Wildman–Crippen MR) is 114 cm³/mol. The van der Waals surface area contributed by atoms with E-state index in [9.17, 15) is 4.79 Å². The quantitative estimate of drug-likeness (QED) is 0.403. The lowest BCUT2D eigenvalue weighted by molar-refractivity contribution is -0.121. The number of ether oxygens (including phenoxy) is 2. The van der Waals surface area contributed by atoms with Crippen molar-refractivity contribution in [3.8, 4) is 11.5 Å². The third-order valence-electron chi connectivity index (χ3n) is 4.19. The number of thioether (sulfide) groups is 1. The average molecular weight is 400 g/mol. The first kappa shape index (κ1) is 19.5. The summed E-state index contributed by atoms with van der Waals surface area (Å²) in [5.74, 6) is 1.53. The Labute approximate surface area is 169 Å². The Morgan fingerprint density at radius 2 is 1.70 bits per heavy atom. The maximum atomic E-state index is 12.2. The molecule has 3 rings (SSSR count). The molecule has 2 aromatic rings. The van der Waals surface area contributed by atoms with Crippen molar-refractivity contribution >= 4 is 40.3 Å². The van der Waals surface area contributed by atoms with E-state index in [0.29, 0.717) is 28.2 Å². The van der Waals surface area contributed by atoms with Gasteiger partial charge in [-0.1, -0.05) is 60.4 Å². The van der Waals surface area contributed by atoms with Crippen molar-refractivity contribution in [2.45, 2.75) is 13.8 Å². The van der Waals surface area contributed by atoms with Gasteiger partial charge in [0.1, 0.15) is 29.0 Å². The number of thiocarbonyl (C=S) groups is 1. The van der Waals surface area contributed by atoms with Gasteiger partial charge < -0.3 is 9.47 Å². The molecule has 0 unspecified atom stereocenters. The Hall–Kier alpha value is -2.31. The fourth-order valence-corrected chi connectivity index (χ4v) is 3.91. The Balaban J connectivity index is 1.65. The molecule has 0 radical (unpaired) electrons. The fraction of sp³-hybridized carbons (Fsp3) is 0.238. The number of hydrogen-bond acceptors (Lipinski definition) is 5. The highest BCUT2D eigenvalue weighted by Gasteiger charge is 2.28. The van der Waals surface area contributed by atoms with Gasteiger partial charge in [0.2, 0.25) is 0 Å². The smallest absolute Gasteiger partial charge is 0.265 e. The standard InChI is InChI=1S/C21H21NO3S2/c1-14-7-6-8-15(2)19(14)25-12-11-24-17-10-5-4-9-16(17)13-18-20(23)22(3)21(26)27-18/h4-10,13H,11-12H2,1-3H3. The van der Waals surface area contributed by atoms with Crippen LogP contribution in [0, 0.1) is 13.8 Å². The zero-order valence-electron chi connectivity index (χ0n) is 15.5.